The molecular weight excluding hydrogens is 369 g/mol. The quantitative estimate of drug-likeness (QED) is 0.608. The molecule has 2 unspecified atom stereocenters. The molecule has 2 atom stereocenters. The average Bonchev–Trinajstić information content (AvgIpc) is 2.97. The van der Waals surface area contributed by atoms with E-state index in [1.165, 1.54) is 42.3 Å². The standard InChI is InChI=1S/C21H21F3N2S/c22-21(23,24)13-8-18(26-16-10-14-5-6-15(11-16)25-14)17-7-12-3-1-2-4-19(12)27-20(17)9-13/h1-4,8-9,14-16,25-26H,5-7,10-11H2. The van der Waals surface area contributed by atoms with Crippen molar-refractivity contribution in [1.82, 2.24) is 5.32 Å². The van der Waals surface area contributed by atoms with E-state index in [4.69, 9.17) is 0 Å². The number of fused-ring (bicyclic) bond motifs is 4. The summed E-state index contributed by atoms with van der Waals surface area (Å²) in [6.07, 6.45) is 0.642. The number of hydrogen-bond acceptors (Lipinski definition) is 3. The summed E-state index contributed by atoms with van der Waals surface area (Å²) in [4.78, 5) is 1.78. The third kappa shape index (κ3) is 3.34. The molecule has 6 heteroatoms. The van der Waals surface area contributed by atoms with Crippen molar-refractivity contribution >= 4 is 17.4 Å². The van der Waals surface area contributed by atoms with E-state index in [-0.39, 0.29) is 6.04 Å². The van der Waals surface area contributed by atoms with Crippen molar-refractivity contribution < 1.29 is 13.2 Å². The SMILES string of the molecule is FC(F)(F)c1cc(NC2CC3CCC(C2)N3)c2c(c1)Sc1ccccc1C2. The number of alkyl halides is 3. The first-order chi connectivity index (χ1) is 13.0. The molecule has 2 saturated heterocycles. The molecule has 2 aromatic rings. The minimum Gasteiger partial charge on any atom is -0.382 e. The molecule has 2 fully saturated rings. The monoisotopic (exact) mass is 390 g/mol. The predicted octanol–water partition coefficient (Wildman–Crippen LogP) is 5.46. The van der Waals surface area contributed by atoms with E-state index in [0.717, 1.165) is 28.2 Å². The Bertz CT molecular complexity index is 868. The maximum absolute atomic E-state index is 13.5. The maximum Gasteiger partial charge on any atom is 0.416 e. The molecule has 3 aliphatic rings. The minimum atomic E-state index is -4.34. The van der Waals surface area contributed by atoms with Gasteiger partial charge < -0.3 is 10.6 Å². The molecule has 3 aliphatic heterocycles. The van der Waals surface area contributed by atoms with Gasteiger partial charge in [-0.1, -0.05) is 30.0 Å². The number of nitrogens with one attached hydrogen (secondary N) is 2. The molecule has 0 saturated carbocycles. The Morgan fingerprint density at radius 2 is 1.74 bits per heavy atom. The molecule has 5 rings (SSSR count). The molecule has 0 radical (unpaired) electrons. The molecule has 27 heavy (non-hydrogen) atoms. The molecule has 0 aromatic heterocycles. The Morgan fingerprint density at radius 1 is 1.00 bits per heavy atom. The van der Waals surface area contributed by atoms with Crippen molar-refractivity contribution in [2.45, 2.75) is 66.2 Å². The van der Waals surface area contributed by atoms with Gasteiger partial charge in [0.1, 0.15) is 0 Å². The normalized spacial score (nSPS) is 26.4. The second-order valence-electron chi connectivity index (χ2n) is 7.84. The van der Waals surface area contributed by atoms with Gasteiger partial charge in [0.15, 0.2) is 0 Å². The first-order valence-electron chi connectivity index (χ1n) is 9.48. The van der Waals surface area contributed by atoms with Gasteiger partial charge in [-0.15, -0.1) is 0 Å². The predicted molar refractivity (Wildman–Crippen MR) is 101 cm³/mol. The van der Waals surface area contributed by atoms with Crippen LogP contribution in [0.3, 0.4) is 0 Å². The minimum absolute atomic E-state index is 0.235. The fourth-order valence-electron chi connectivity index (χ4n) is 4.66. The van der Waals surface area contributed by atoms with Crippen LogP contribution in [0, 0.1) is 0 Å². The van der Waals surface area contributed by atoms with Gasteiger partial charge in [-0.05, 0) is 55.0 Å². The van der Waals surface area contributed by atoms with Crippen LogP contribution in [0.25, 0.3) is 0 Å². The Balaban J connectivity index is 1.52. The molecule has 2 aromatic carbocycles. The lowest BCUT2D eigenvalue weighted by Gasteiger charge is -2.32. The zero-order valence-electron chi connectivity index (χ0n) is 14.8. The number of piperidine rings is 1. The molecule has 0 aliphatic carbocycles. The fraction of sp³-hybridized carbons (Fsp3) is 0.429. The van der Waals surface area contributed by atoms with Gasteiger partial charge in [0.25, 0.3) is 0 Å². The molecule has 142 valence electrons. The van der Waals surface area contributed by atoms with E-state index >= 15 is 0 Å². The molecule has 2 nitrogen and oxygen atoms in total. The summed E-state index contributed by atoms with van der Waals surface area (Å²) in [5.41, 5.74) is 2.28. The van der Waals surface area contributed by atoms with Crippen LogP contribution >= 0.6 is 11.8 Å². The van der Waals surface area contributed by atoms with Gasteiger partial charge in [0.05, 0.1) is 5.56 Å². The third-order valence-electron chi connectivity index (χ3n) is 5.93. The molecule has 2 bridgehead atoms. The molecule has 0 amide bonds. The van der Waals surface area contributed by atoms with E-state index in [1.54, 1.807) is 0 Å². The number of anilines is 1. The summed E-state index contributed by atoms with van der Waals surface area (Å²) in [7, 11) is 0. The highest BCUT2D eigenvalue weighted by Gasteiger charge is 2.36. The van der Waals surface area contributed by atoms with Crippen LogP contribution in [0.1, 0.15) is 42.4 Å². The van der Waals surface area contributed by atoms with E-state index in [9.17, 15) is 13.2 Å². The van der Waals surface area contributed by atoms with Gasteiger partial charge in [-0.2, -0.15) is 13.2 Å². The molecular formula is C21H21F3N2S. The van der Waals surface area contributed by atoms with Crippen molar-refractivity contribution in [1.29, 1.82) is 0 Å². The van der Waals surface area contributed by atoms with Crippen LogP contribution in [0.5, 0.6) is 0 Å². The summed E-state index contributed by atoms with van der Waals surface area (Å²) < 4.78 is 40.5. The lowest BCUT2D eigenvalue weighted by Crippen LogP contribution is -2.43. The summed E-state index contributed by atoms with van der Waals surface area (Å²) in [5.74, 6) is 0. The smallest absolute Gasteiger partial charge is 0.382 e. The summed E-state index contributed by atoms with van der Waals surface area (Å²) in [5, 5.41) is 7.09. The number of benzene rings is 2. The number of rotatable bonds is 2. The highest BCUT2D eigenvalue weighted by Crippen LogP contribution is 2.45. The average molecular weight is 390 g/mol. The topological polar surface area (TPSA) is 24.1 Å². The second kappa shape index (κ2) is 6.45. The first-order valence-corrected chi connectivity index (χ1v) is 10.3. The Labute approximate surface area is 160 Å². The Hall–Kier alpha value is -1.66. The van der Waals surface area contributed by atoms with Gasteiger partial charge in [0.2, 0.25) is 0 Å². The van der Waals surface area contributed by atoms with Crippen molar-refractivity contribution in [2.75, 3.05) is 5.32 Å². The van der Waals surface area contributed by atoms with E-state index in [0.29, 0.717) is 24.2 Å². The first kappa shape index (κ1) is 17.4. The summed E-state index contributed by atoms with van der Waals surface area (Å²) in [6.45, 7) is 0. The maximum atomic E-state index is 13.5. The van der Waals surface area contributed by atoms with Crippen LogP contribution in [-0.4, -0.2) is 18.1 Å². The van der Waals surface area contributed by atoms with Crippen LogP contribution < -0.4 is 10.6 Å². The van der Waals surface area contributed by atoms with Gasteiger partial charge in [0, 0.05) is 40.0 Å². The third-order valence-corrected chi connectivity index (χ3v) is 7.13. The van der Waals surface area contributed by atoms with E-state index in [1.807, 2.05) is 18.2 Å². The Kier molecular flexibility index (Phi) is 4.17. The zero-order valence-corrected chi connectivity index (χ0v) is 15.6. The van der Waals surface area contributed by atoms with Gasteiger partial charge in [-0.3, -0.25) is 0 Å². The molecule has 3 heterocycles. The van der Waals surface area contributed by atoms with Crippen LogP contribution in [0.4, 0.5) is 18.9 Å². The van der Waals surface area contributed by atoms with E-state index in [2.05, 4.69) is 16.7 Å². The second-order valence-corrected chi connectivity index (χ2v) is 8.92. The van der Waals surface area contributed by atoms with E-state index < -0.39 is 11.7 Å². The number of hydrogen-bond donors (Lipinski definition) is 2. The largest absolute Gasteiger partial charge is 0.416 e. The van der Waals surface area contributed by atoms with Crippen molar-refractivity contribution in [2.24, 2.45) is 0 Å². The van der Waals surface area contributed by atoms with Gasteiger partial charge >= 0.3 is 6.18 Å². The molecule has 0 spiro atoms. The summed E-state index contributed by atoms with van der Waals surface area (Å²) in [6, 6.07) is 11.8. The lowest BCUT2D eigenvalue weighted by atomic mass is 9.96. The molecule has 2 N–H and O–H groups in total. The lowest BCUT2D eigenvalue weighted by molar-refractivity contribution is -0.137. The van der Waals surface area contributed by atoms with Crippen molar-refractivity contribution in [3.63, 3.8) is 0 Å². The van der Waals surface area contributed by atoms with Gasteiger partial charge in [-0.25, -0.2) is 0 Å². The zero-order chi connectivity index (χ0) is 18.6. The van der Waals surface area contributed by atoms with Crippen molar-refractivity contribution in [3.05, 3.63) is 53.1 Å². The highest BCUT2D eigenvalue weighted by molar-refractivity contribution is 7.99. The van der Waals surface area contributed by atoms with Crippen molar-refractivity contribution in [3.8, 4) is 0 Å². The summed E-state index contributed by atoms with van der Waals surface area (Å²) >= 11 is 1.45. The fourth-order valence-corrected chi connectivity index (χ4v) is 5.81. The van der Waals surface area contributed by atoms with Crippen LogP contribution in [-0.2, 0) is 12.6 Å². The number of halogens is 3. The highest BCUT2D eigenvalue weighted by atomic mass is 32.2. The van der Waals surface area contributed by atoms with Crippen LogP contribution in [0.2, 0.25) is 0 Å². The Morgan fingerprint density at radius 3 is 2.48 bits per heavy atom. The van der Waals surface area contributed by atoms with Crippen LogP contribution in [0.15, 0.2) is 46.2 Å².